The molecule has 1 radical (unpaired) electrons. The standard InChI is InChI=1S/C9H6NS/c1-3-8(7-10-5-1)9-4-2-6-11-9/h1-5,7H. The molecule has 2 rings (SSSR count). The number of nitrogens with zero attached hydrogens (tertiary/aromatic N) is 1. The van der Waals surface area contributed by atoms with Gasteiger partial charge >= 0.3 is 0 Å². The van der Waals surface area contributed by atoms with Gasteiger partial charge < -0.3 is 0 Å². The number of aromatic nitrogens is 1. The summed E-state index contributed by atoms with van der Waals surface area (Å²) in [6.07, 6.45) is 3.64. The first-order valence-electron chi connectivity index (χ1n) is 3.33. The Balaban J connectivity index is 2.46. The molecule has 0 atom stereocenters. The number of hydrogen-bond acceptors (Lipinski definition) is 2. The lowest BCUT2D eigenvalue weighted by Gasteiger charge is -1.92. The van der Waals surface area contributed by atoms with Crippen LogP contribution in [0.1, 0.15) is 0 Å². The quantitative estimate of drug-likeness (QED) is 0.625. The second-order valence-corrected chi connectivity index (χ2v) is 3.04. The molecule has 0 aliphatic carbocycles. The minimum Gasteiger partial charge on any atom is -0.264 e. The predicted molar refractivity (Wildman–Crippen MR) is 46.4 cm³/mol. The first-order valence-corrected chi connectivity index (χ1v) is 4.15. The van der Waals surface area contributed by atoms with Gasteiger partial charge in [-0.25, -0.2) is 0 Å². The Kier molecular flexibility index (Phi) is 1.69. The van der Waals surface area contributed by atoms with E-state index in [-0.39, 0.29) is 0 Å². The number of pyridine rings is 1. The zero-order valence-electron chi connectivity index (χ0n) is 5.82. The van der Waals surface area contributed by atoms with Gasteiger partial charge in [-0.2, -0.15) is 0 Å². The smallest absolute Gasteiger partial charge is 0.0449 e. The molecule has 0 aliphatic heterocycles. The normalized spacial score (nSPS) is 9.82. The van der Waals surface area contributed by atoms with Crippen molar-refractivity contribution in [1.29, 1.82) is 0 Å². The van der Waals surface area contributed by atoms with Gasteiger partial charge in [0.15, 0.2) is 0 Å². The van der Waals surface area contributed by atoms with Crippen molar-refractivity contribution in [1.82, 2.24) is 4.98 Å². The molecule has 0 N–H and O–H groups in total. The summed E-state index contributed by atoms with van der Waals surface area (Å²) in [6.45, 7) is 0. The van der Waals surface area contributed by atoms with Crippen LogP contribution in [0.25, 0.3) is 10.4 Å². The van der Waals surface area contributed by atoms with E-state index in [1.54, 1.807) is 17.5 Å². The minimum atomic E-state index is 1.17. The van der Waals surface area contributed by atoms with E-state index >= 15 is 0 Å². The molecule has 0 aliphatic rings. The van der Waals surface area contributed by atoms with Crippen LogP contribution in [-0.4, -0.2) is 4.98 Å². The van der Waals surface area contributed by atoms with Gasteiger partial charge in [-0.1, -0.05) is 6.07 Å². The fourth-order valence-electron chi connectivity index (χ4n) is 0.905. The van der Waals surface area contributed by atoms with E-state index in [1.165, 1.54) is 10.4 Å². The topological polar surface area (TPSA) is 12.9 Å². The van der Waals surface area contributed by atoms with Crippen molar-refractivity contribution in [3.63, 3.8) is 0 Å². The van der Waals surface area contributed by atoms with Crippen LogP contribution >= 0.6 is 11.3 Å². The lowest BCUT2D eigenvalue weighted by molar-refractivity contribution is 1.33. The van der Waals surface area contributed by atoms with Crippen molar-refractivity contribution in [2.45, 2.75) is 0 Å². The highest BCUT2D eigenvalue weighted by Gasteiger charge is 1.95. The Bertz CT molecular complexity index is 313. The Morgan fingerprint density at radius 3 is 3.00 bits per heavy atom. The molecular weight excluding hydrogens is 154 g/mol. The van der Waals surface area contributed by atoms with Crippen LogP contribution in [0.5, 0.6) is 0 Å². The maximum Gasteiger partial charge on any atom is 0.0449 e. The molecule has 0 fully saturated rings. The van der Waals surface area contributed by atoms with Gasteiger partial charge in [-0.3, -0.25) is 4.98 Å². The van der Waals surface area contributed by atoms with Gasteiger partial charge in [0, 0.05) is 28.2 Å². The third kappa shape index (κ3) is 1.30. The largest absolute Gasteiger partial charge is 0.264 e. The highest BCUT2D eigenvalue weighted by molar-refractivity contribution is 7.13. The first-order chi connectivity index (χ1) is 5.47. The summed E-state index contributed by atoms with van der Waals surface area (Å²) in [5.41, 5.74) is 1.17. The zero-order valence-corrected chi connectivity index (χ0v) is 6.64. The molecule has 0 saturated heterocycles. The predicted octanol–water partition coefficient (Wildman–Crippen LogP) is 2.61. The molecule has 2 aromatic heterocycles. The summed E-state index contributed by atoms with van der Waals surface area (Å²) in [5, 5.41) is 3.04. The number of hydrogen-bond donors (Lipinski definition) is 0. The van der Waals surface area contributed by atoms with E-state index in [9.17, 15) is 0 Å². The van der Waals surface area contributed by atoms with Gasteiger partial charge in [0.1, 0.15) is 0 Å². The molecule has 0 spiro atoms. The van der Waals surface area contributed by atoms with Crippen LogP contribution in [0.2, 0.25) is 0 Å². The Hall–Kier alpha value is -1.15. The molecule has 0 amide bonds. The lowest BCUT2D eigenvalue weighted by Crippen LogP contribution is -1.72. The maximum atomic E-state index is 4.03. The summed E-state index contributed by atoms with van der Waals surface area (Å²) >= 11 is 1.61. The molecule has 0 bridgehead atoms. The molecule has 0 unspecified atom stereocenters. The average molecular weight is 160 g/mol. The van der Waals surface area contributed by atoms with Gasteiger partial charge in [0.25, 0.3) is 0 Å². The van der Waals surface area contributed by atoms with Crippen molar-refractivity contribution in [2.75, 3.05) is 0 Å². The van der Waals surface area contributed by atoms with Crippen molar-refractivity contribution >= 4 is 11.3 Å². The summed E-state index contributed by atoms with van der Waals surface area (Å²) < 4.78 is 0. The van der Waals surface area contributed by atoms with E-state index in [4.69, 9.17) is 0 Å². The molecule has 2 heterocycles. The van der Waals surface area contributed by atoms with Crippen LogP contribution in [0.3, 0.4) is 0 Å². The van der Waals surface area contributed by atoms with E-state index in [0.29, 0.717) is 0 Å². The Morgan fingerprint density at radius 1 is 1.36 bits per heavy atom. The monoisotopic (exact) mass is 160 g/mol. The van der Waals surface area contributed by atoms with Gasteiger partial charge in [0.2, 0.25) is 0 Å². The molecule has 2 aromatic rings. The molecular formula is C9H6NS. The molecule has 53 valence electrons. The van der Waals surface area contributed by atoms with Gasteiger partial charge in [-0.15, -0.1) is 11.3 Å². The van der Waals surface area contributed by atoms with E-state index in [2.05, 4.69) is 10.4 Å². The molecule has 2 heteroatoms. The summed E-state index contributed by atoms with van der Waals surface area (Å²) in [7, 11) is 0. The van der Waals surface area contributed by atoms with E-state index in [0.717, 1.165) is 0 Å². The van der Waals surface area contributed by atoms with E-state index < -0.39 is 0 Å². The third-order valence-electron chi connectivity index (χ3n) is 1.42. The van der Waals surface area contributed by atoms with Crippen molar-refractivity contribution in [3.8, 4) is 10.4 Å². The summed E-state index contributed by atoms with van der Waals surface area (Å²) in [4.78, 5) is 5.25. The van der Waals surface area contributed by atoms with Crippen LogP contribution in [-0.2, 0) is 0 Å². The van der Waals surface area contributed by atoms with E-state index in [1.807, 2.05) is 30.5 Å². The highest BCUT2D eigenvalue weighted by Crippen LogP contribution is 2.22. The lowest BCUT2D eigenvalue weighted by atomic mass is 10.2. The molecule has 0 saturated carbocycles. The molecule has 1 nitrogen and oxygen atoms in total. The average Bonchev–Trinajstić information content (AvgIpc) is 2.58. The second-order valence-electron chi connectivity index (χ2n) is 2.16. The van der Waals surface area contributed by atoms with Crippen molar-refractivity contribution < 1.29 is 0 Å². The van der Waals surface area contributed by atoms with Crippen LogP contribution in [0.15, 0.2) is 36.7 Å². The minimum absolute atomic E-state index is 1.17. The summed E-state index contributed by atoms with van der Waals surface area (Å²) in [6, 6.07) is 7.95. The van der Waals surface area contributed by atoms with Crippen molar-refractivity contribution in [2.24, 2.45) is 0 Å². The van der Waals surface area contributed by atoms with Gasteiger partial charge in [0.05, 0.1) is 0 Å². The van der Waals surface area contributed by atoms with Crippen LogP contribution in [0, 0.1) is 5.38 Å². The Labute approximate surface area is 69.3 Å². The SMILES string of the molecule is [c]1ccc(-c2cccnc2)s1. The summed E-state index contributed by atoms with van der Waals surface area (Å²) in [5.74, 6) is 0. The zero-order chi connectivity index (χ0) is 7.52. The fraction of sp³-hybridized carbons (Fsp3) is 0. The van der Waals surface area contributed by atoms with Gasteiger partial charge in [-0.05, 0) is 18.2 Å². The van der Waals surface area contributed by atoms with Crippen LogP contribution in [0.4, 0.5) is 0 Å². The second kappa shape index (κ2) is 2.84. The number of rotatable bonds is 1. The third-order valence-corrected chi connectivity index (χ3v) is 2.26. The number of thiophene rings is 1. The Morgan fingerprint density at radius 2 is 2.36 bits per heavy atom. The van der Waals surface area contributed by atoms with Crippen molar-refractivity contribution in [3.05, 3.63) is 42.0 Å². The fourth-order valence-corrected chi connectivity index (χ4v) is 1.54. The molecule has 0 aromatic carbocycles. The highest BCUT2D eigenvalue weighted by atomic mass is 32.1. The maximum absolute atomic E-state index is 4.03. The first kappa shape index (κ1) is 6.55. The molecule has 11 heavy (non-hydrogen) atoms. The van der Waals surface area contributed by atoms with Crippen LogP contribution < -0.4 is 0 Å².